The summed E-state index contributed by atoms with van der Waals surface area (Å²) in [4.78, 5) is 0. The monoisotopic (exact) mass is 176 g/mol. The molecule has 0 aliphatic carbocycles. The van der Waals surface area contributed by atoms with Crippen LogP contribution in [-0.4, -0.2) is 18.1 Å². The fourth-order valence-electron chi connectivity index (χ4n) is 1.48. The quantitative estimate of drug-likeness (QED) is 0.473. The summed E-state index contributed by atoms with van der Waals surface area (Å²) in [7, 11) is 0. The van der Waals surface area contributed by atoms with E-state index in [2.05, 4.69) is 6.92 Å². The molecule has 1 nitrogen and oxygen atoms in total. The van der Waals surface area contributed by atoms with Gasteiger partial charge < -0.3 is 4.74 Å². The van der Waals surface area contributed by atoms with Crippen molar-refractivity contribution >= 4 is 11.6 Å². The van der Waals surface area contributed by atoms with Gasteiger partial charge in [-0.2, -0.15) is 0 Å². The van der Waals surface area contributed by atoms with Gasteiger partial charge in [-0.15, -0.1) is 11.6 Å². The van der Waals surface area contributed by atoms with Crippen LogP contribution in [0.3, 0.4) is 0 Å². The first-order valence-electron chi connectivity index (χ1n) is 4.60. The van der Waals surface area contributed by atoms with Gasteiger partial charge in [-0.1, -0.05) is 26.2 Å². The number of halogens is 1. The van der Waals surface area contributed by atoms with Crippen LogP contribution < -0.4 is 0 Å². The van der Waals surface area contributed by atoms with E-state index in [4.69, 9.17) is 16.3 Å². The lowest BCUT2D eigenvalue weighted by Gasteiger charge is -2.11. The van der Waals surface area contributed by atoms with Crippen molar-refractivity contribution in [3.63, 3.8) is 0 Å². The zero-order valence-corrected chi connectivity index (χ0v) is 7.94. The molecule has 0 unspecified atom stereocenters. The van der Waals surface area contributed by atoms with Crippen molar-refractivity contribution in [2.45, 2.75) is 50.5 Å². The molecule has 1 aliphatic heterocycles. The molecule has 2 heteroatoms. The molecule has 0 radical (unpaired) electrons. The maximum atomic E-state index is 6.03. The largest absolute Gasteiger partial charge is 0.377 e. The molecule has 0 aromatic rings. The van der Waals surface area contributed by atoms with Crippen LogP contribution in [0, 0.1) is 0 Å². The van der Waals surface area contributed by atoms with E-state index in [-0.39, 0.29) is 5.38 Å². The van der Waals surface area contributed by atoms with E-state index in [1.54, 1.807) is 0 Å². The number of ether oxygens (including phenoxy) is 1. The fraction of sp³-hybridized carbons (Fsp3) is 1.00. The van der Waals surface area contributed by atoms with Crippen LogP contribution in [-0.2, 0) is 4.74 Å². The first kappa shape index (κ1) is 9.34. The van der Waals surface area contributed by atoms with Crippen LogP contribution in [0.1, 0.15) is 39.0 Å². The SMILES string of the molecule is CCCCC[C@@H]1OCC[C@@H]1Cl. The van der Waals surface area contributed by atoms with Gasteiger partial charge in [-0.05, 0) is 12.8 Å². The number of hydrogen-bond acceptors (Lipinski definition) is 1. The molecule has 0 spiro atoms. The molecule has 1 saturated heterocycles. The van der Waals surface area contributed by atoms with Gasteiger partial charge in [0, 0.05) is 6.61 Å². The Hall–Kier alpha value is 0.250. The second-order valence-corrected chi connectivity index (χ2v) is 3.77. The molecule has 2 atom stereocenters. The Morgan fingerprint density at radius 1 is 1.45 bits per heavy atom. The standard InChI is InChI=1S/C9H17ClO/c1-2-3-4-5-9-8(10)6-7-11-9/h8-9H,2-7H2,1H3/t8-,9-/m0/s1. The van der Waals surface area contributed by atoms with Crippen LogP contribution in [0.15, 0.2) is 0 Å². The van der Waals surface area contributed by atoms with Gasteiger partial charge in [0.2, 0.25) is 0 Å². The lowest BCUT2D eigenvalue weighted by atomic mass is 10.1. The van der Waals surface area contributed by atoms with Crippen LogP contribution in [0.25, 0.3) is 0 Å². The van der Waals surface area contributed by atoms with Gasteiger partial charge >= 0.3 is 0 Å². The summed E-state index contributed by atoms with van der Waals surface area (Å²) >= 11 is 6.03. The predicted octanol–water partition coefficient (Wildman–Crippen LogP) is 2.96. The number of rotatable bonds is 4. The first-order chi connectivity index (χ1) is 5.34. The molecule has 0 amide bonds. The lowest BCUT2D eigenvalue weighted by molar-refractivity contribution is 0.103. The first-order valence-corrected chi connectivity index (χ1v) is 5.04. The van der Waals surface area contributed by atoms with Crippen molar-refractivity contribution in [3.05, 3.63) is 0 Å². The molecular weight excluding hydrogens is 160 g/mol. The minimum atomic E-state index is 0.284. The highest BCUT2D eigenvalue weighted by atomic mass is 35.5. The molecule has 1 fully saturated rings. The van der Waals surface area contributed by atoms with E-state index in [0.29, 0.717) is 6.10 Å². The Morgan fingerprint density at radius 2 is 2.27 bits per heavy atom. The van der Waals surface area contributed by atoms with Gasteiger partial charge in [-0.25, -0.2) is 0 Å². The van der Waals surface area contributed by atoms with Crippen LogP contribution in [0.2, 0.25) is 0 Å². The molecule has 0 aromatic heterocycles. The summed E-state index contributed by atoms with van der Waals surface area (Å²) in [6, 6.07) is 0. The Kier molecular flexibility index (Phi) is 4.24. The highest BCUT2D eigenvalue weighted by Gasteiger charge is 2.25. The summed E-state index contributed by atoms with van der Waals surface area (Å²) in [6.07, 6.45) is 6.40. The van der Waals surface area contributed by atoms with Gasteiger partial charge in [0.15, 0.2) is 0 Å². The Morgan fingerprint density at radius 3 is 2.82 bits per heavy atom. The molecule has 1 aliphatic rings. The Labute approximate surface area is 74.1 Å². The minimum Gasteiger partial charge on any atom is -0.377 e. The summed E-state index contributed by atoms with van der Waals surface area (Å²) in [5.41, 5.74) is 0. The minimum absolute atomic E-state index is 0.284. The third kappa shape index (κ3) is 3.00. The Bertz CT molecular complexity index is 106. The van der Waals surface area contributed by atoms with Crippen molar-refractivity contribution < 1.29 is 4.74 Å². The zero-order chi connectivity index (χ0) is 8.10. The average molecular weight is 177 g/mol. The molecule has 0 bridgehead atoms. The molecule has 0 saturated carbocycles. The molecule has 1 heterocycles. The second kappa shape index (κ2) is 5.00. The summed E-state index contributed by atoms with van der Waals surface area (Å²) in [5, 5.41) is 0.284. The van der Waals surface area contributed by atoms with Gasteiger partial charge in [0.05, 0.1) is 11.5 Å². The van der Waals surface area contributed by atoms with Gasteiger partial charge in [0.25, 0.3) is 0 Å². The van der Waals surface area contributed by atoms with E-state index in [1.165, 1.54) is 19.3 Å². The topological polar surface area (TPSA) is 9.23 Å². The summed E-state index contributed by atoms with van der Waals surface area (Å²) in [5.74, 6) is 0. The van der Waals surface area contributed by atoms with Crippen molar-refractivity contribution in [3.8, 4) is 0 Å². The summed E-state index contributed by atoms with van der Waals surface area (Å²) < 4.78 is 5.48. The van der Waals surface area contributed by atoms with E-state index in [1.807, 2.05) is 0 Å². The van der Waals surface area contributed by atoms with Crippen molar-refractivity contribution in [2.75, 3.05) is 6.61 Å². The van der Waals surface area contributed by atoms with E-state index in [0.717, 1.165) is 19.4 Å². The average Bonchev–Trinajstić information content (AvgIpc) is 2.37. The van der Waals surface area contributed by atoms with Gasteiger partial charge in [0.1, 0.15) is 0 Å². The Balaban J connectivity index is 2.05. The molecule has 0 aromatic carbocycles. The van der Waals surface area contributed by atoms with Crippen LogP contribution in [0.4, 0.5) is 0 Å². The highest BCUT2D eigenvalue weighted by molar-refractivity contribution is 6.21. The smallest absolute Gasteiger partial charge is 0.0739 e. The number of alkyl halides is 1. The molecule has 11 heavy (non-hydrogen) atoms. The van der Waals surface area contributed by atoms with Crippen molar-refractivity contribution in [1.82, 2.24) is 0 Å². The maximum Gasteiger partial charge on any atom is 0.0739 e. The normalized spacial score (nSPS) is 31.1. The zero-order valence-electron chi connectivity index (χ0n) is 7.18. The molecule has 1 rings (SSSR count). The third-order valence-electron chi connectivity index (χ3n) is 2.22. The van der Waals surface area contributed by atoms with Crippen molar-refractivity contribution in [1.29, 1.82) is 0 Å². The molecule has 66 valence electrons. The van der Waals surface area contributed by atoms with Crippen LogP contribution >= 0.6 is 11.6 Å². The summed E-state index contributed by atoms with van der Waals surface area (Å²) in [6.45, 7) is 3.08. The van der Waals surface area contributed by atoms with E-state index in [9.17, 15) is 0 Å². The second-order valence-electron chi connectivity index (χ2n) is 3.21. The van der Waals surface area contributed by atoms with Crippen LogP contribution in [0.5, 0.6) is 0 Å². The van der Waals surface area contributed by atoms with Crippen molar-refractivity contribution in [2.24, 2.45) is 0 Å². The number of hydrogen-bond donors (Lipinski definition) is 0. The lowest BCUT2D eigenvalue weighted by Crippen LogP contribution is -2.15. The maximum absolute atomic E-state index is 6.03. The fourth-order valence-corrected chi connectivity index (χ4v) is 1.77. The highest BCUT2D eigenvalue weighted by Crippen LogP contribution is 2.23. The third-order valence-corrected chi connectivity index (χ3v) is 2.72. The predicted molar refractivity (Wildman–Crippen MR) is 48.1 cm³/mol. The van der Waals surface area contributed by atoms with E-state index < -0.39 is 0 Å². The van der Waals surface area contributed by atoms with Gasteiger partial charge in [-0.3, -0.25) is 0 Å². The molecular formula is C9H17ClO. The number of unbranched alkanes of at least 4 members (excludes halogenated alkanes) is 2. The molecule has 0 N–H and O–H groups in total. The van der Waals surface area contributed by atoms with E-state index >= 15 is 0 Å².